The number of nitrogens with zero attached hydrogens (tertiary/aromatic N) is 1. The van der Waals surface area contributed by atoms with E-state index in [1.807, 2.05) is 5.38 Å². The van der Waals surface area contributed by atoms with Gasteiger partial charge in [0.2, 0.25) is 0 Å². The van der Waals surface area contributed by atoms with Crippen LogP contribution in [-0.2, 0) is 0 Å². The topological polar surface area (TPSA) is 32.3 Å². The summed E-state index contributed by atoms with van der Waals surface area (Å²) in [4.78, 5) is 13.7. The fourth-order valence-electron chi connectivity index (χ4n) is 1.90. The molecule has 1 N–H and O–H groups in total. The minimum atomic E-state index is -0.0401. The fourth-order valence-corrected chi connectivity index (χ4v) is 2.83. The van der Waals surface area contributed by atoms with E-state index in [4.69, 9.17) is 11.6 Å². The first kappa shape index (κ1) is 14.9. The third-order valence-corrected chi connectivity index (χ3v) is 3.97. The lowest BCUT2D eigenvalue weighted by Crippen LogP contribution is -2.23. The van der Waals surface area contributed by atoms with Crippen molar-refractivity contribution in [1.82, 2.24) is 4.90 Å². The molecule has 2 aromatic rings. The van der Waals surface area contributed by atoms with Crippen molar-refractivity contribution >= 4 is 34.5 Å². The van der Waals surface area contributed by atoms with Crippen LogP contribution in [0.15, 0.2) is 35.0 Å². The molecule has 1 aromatic heterocycles. The minimum absolute atomic E-state index is 0.0401. The molecule has 2 rings (SSSR count). The molecule has 1 heterocycles. The third-order valence-electron chi connectivity index (χ3n) is 3.03. The van der Waals surface area contributed by atoms with Crippen LogP contribution in [0.5, 0.6) is 0 Å². The predicted octanol–water partition coefficient (Wildman–Crippen LogP) is 4.28. The zero-order valence-corrected chi connectivity index (χ0v) is 13.3. The predicted molar refractivity (Wildman–Crippen MR) is 85.8 cm³/mol. The smallest absolute Gasteiger partial charge is 0.255 e. The van der Waals surface area contributed by atoms with Gasteiger partial charge in [0.25, 0.3) is 5.91 Å². The number of rotatable bonds is 4. The highest BCUT2D eigenvalue weighted by Crippen LogP contribution is 2.27. The molecular formula is C15H17ClN2OS. The Bertz CT molecular complexity index is 596. The number of thiophene rings is 1. The van der Waals surface area contributed by atoms with Crippen LogP contribution >= 0.6 is 22.9 Å². The molecular weight excluding hydrogens is 292 g/mol. The number of hydrogen-bond donors (Lipinski definition) is 1. The molecule has 1 unspecified atom stereocenters. The Hall–Kier alpha value is -1.52. The van der Waals surface area contributed by atoms with Crippen LogP contribution in [-0.4, -0.2) is 24.9 Å². The van der Waals surface area contributed by atoms with Gasteiger partial charge < -0.3 is 10.2 Å². The van der Waals surface area contributed by atoms with Crippen molar-refractivity contribution in [3.63, 3.8) is 0 Å². The van der Waals surface area contributed by atoms with Gasteiger partial charge in [-0.25, -0.2) is 0 Å². The molecule has 0 saturated heterocycles. The van der Waals surface area contributed by atoms with Crippen molar-refractivity contribution in [1.29, 1.82) is 0 Å². The zero-order valence-electron chi connectivity index (χ0n) is 11.7. The maximum Gasteiger partial charge on any atom is 0.255 e. The Morgan fingerprint density at radius 3 is 2.70 bits per heavy atom. The lowest BCUT2D eigenvalue weighted by atomic mass is 10.1. The van der Waals surface area contributed by atoms with E-state index in [0.717, 1.165) is 5.69 Å². The number of amides is 1. The van der Waals surface area contributed by atoms with Gasteiger partial charge in [-0.05, 0) is 47.5 Å². The normalized spacial score (nSPS) is 12.0. The highest BCUT2D eigenvalue weighted by Gasteiger charge is 2.16. The van der Waals surface area contributed by atoms with Gasteiger partial charge in [0.1, 0.15) is 0 Å². The van der Waals surface area contributed by atoms with Crippen LogP contribution in [0.2, 0.25) is 5.02 Å². The molecule has 1 aromatic carbocycles. The van der Waals surface area contributed by atoms with Gasteiger partial charge >= 0.3 is 0 Å². The van der Waals surface area contributed by atoms with Crippen LogP contribution in [0.25, 0.3) is 0 Å². The summed E-state index contributed by atoms with van der Waals surface area (Å²) in [5, 5.41) is 8.11. The molecule has 20 heavy (non-hydrogen) atoms. The minimum Gasteiger partial charge on any atom is -0.378 e. The number of carbonyl (C=O) groups excluding carboxylic acids is 1. The van der Waals surface area contributed by atoms with E-state index in [1.54, 1.807) is 48.5 Å². The number of carbonyl (C=O) groups is 1. The molecule has 0 bridgehead atoms. The van der Waals surface area contributed by atoms with Gasteiger partial charge in [-0.2, -0.15) is 11.3 Å². The first-order valence-electron chi connectivity index (χ1n) is 6.29. The van der Waals surface area contributed by atoms with Gasteiger partial charge in [0.05, 0.1) is 5.56 Å². The summed E-state index contributed by atoms with van der Waals surface area (Å²) in [7, 11) is 3.48. The van der Waals surface area contributed by atoms with Crippen LogP contribution in [0.1, 0.15) is 28.9 Å². The van der Waals surface area contributed by atoms with Crippen molar-refractivity contribution < 1.29 is 4.79 Å². The van der Waals surface area contributed by atoms with Crippen molar-refractivity contribution in [3.8, 4) is 0 Å². The molecule has 0 radical (unpaired) electrons. The second-order valence-electron chi connectivity index (χ2n) is 4.81. The van der Waals surface area contributed by atoms with Crippen molar-refractivity contribution in [2.45, 2.75) is 13.0 Å². The van der Waals surface area contributed by atoms with E-state index >= 15 is 0 Å². The van der Waals surface area contributed by atoms with E-state index in [1.165, 1.54) is 5.56 Å². The van der Waals surface area contributed by atoms with Gasteiger partial charge in [-0.15, -0.1) is 0 Å². The fraction of sp³-hybridized carbons (Fsp3) is 0.267. The maximum atomic E-state index is 12.2. The average molecular weight is 309 g/mol. The number of nitrogens with one attached hydrogen (secondary N) is 1. The Morgan fingerprint density at radius 1 is 1.35 bits per heavy atom. The summed E-state index contributed by atoms with van der Waals surface area (Å²) < 4.78 is 0. The number of anilines is 1. The zero-order chi connectivity index (χ0) is 14.7. The molecule has 1 amide bonds. The first-order chi connectivity index (χ1) is 9.49. The molecule has 1 atom stereocenters. The van der Waals surface area contributed by atoms with Crippen molar-refractivity contribution in [2.24, 2.45) is 0 Å². The first-order valence-corrected chi connectivity index (χ1v) is 7.61. The van der Waals surface area contributed by atoms with Crippen LogP contribution in [0.4, 0.5) is 5.69 Å². The standard InChI is InChI=1S/C15H17ClN2OS/c1-10(11-6-7-20-9-11)17-14-8-12(16)4-5-13(14)15(19)18(2)3/h4-10,17H,1-3H3. The molecule has 0 aliphatic carbocycles. The summed E-state index contributed by atoms with van der Waals surface area (Å²) in [6.07, 6.45) is 0. The van der Waals surface area contributed by atoms with Gasteiger partial charge in [-0.1, -0.05) is 11.6 Å². The van der Waals surface area contributed by atoms with Gasteiger partial charge in [-0.3, -0.25) is 4.79 Å². The number of hydrogen-bond acceptors (Lipinski definition) is 3. The number of halogens is 1. The molecule has 5 heteroatoms. The number of benzene rings is 1. The Morgan fingerprint density at radius 2 is 2.10 bits per heavy atom. The van der Waals surface area contributed by atoms with E-state index in [2.05, 4.69) is 23.7 Å². The molecule has 0 aliphatic rings. The quantitative estimate of drug-likeness (QED) is 0.914. The Balaban J connectivity index is 2.30. The summed E-state index contributed by atoms with van der Waals surface area (Å²) in [6.45, 7) is 2.06. The molecule has 0 spiro atoms. The Kier molecular flexibility index (Phi) is 4.68. The molecule has 106 valence electrons. The van der Waals surface area contributed by atoms with E-state index < -0.39 is 0 Å². The molecule has 0 fully saturated rings. The van der Waals surface area contributed by atoms with Crippen molar-refractivity contribution in [2.75, 3.05) is 19.4 Å². The molecule has 0 aliphatic heterocycles. The van der Waals surface area contributed by atoms with Crippen LogP contribution in [0.3, 0.4) is 0 Å². The lowest BCUT2D eigenvalue weighted by molar-refractivity contribution is 0.0828. The highest BCUT2D eigenvalue weighted by atomic mass is 35.5. The van der Waals surface area contributed by atoms with Gasteiger partial charge in [0, 0.05) is 30.8 Å². The summed E-state index contributed by atoms with van der Waals surface area (Å²) in [6, 6.07) is 7.47. The van der Waals surface area contributed by atoms with E-state index in [9.17, 15) is 4.79 Å². The largest absolute Gasteiger partial charge is 0.378 e. The van der Waals surface area contributed by atoms with E-state index in [-0.39, 0.29) is 11.9 Å². The monoisotopic (exact) mass is 308 g/mol. The SMILES string of the molecule is CC(Nc1cc(Cl)ccc1C(=O)N(C)C)c1ccsc1. The second kappa shape index (κ2) is 6.29. The lowest BCUT2D eigenvalue weighted by Gasteiger charge is -2.19. The molecule has 0 saturated carbocycles. The van der Waals surface area contributed by atoms with E-state index in [0.29, 0.717) is 10.6 Å². The van der Waals surface area contributed by atoms with Crippen LogP contribution in [0, 0.1) is 0 Å². The summed E-state index contributed by atoms with van der Waals surface area (Å²) >= 11 is 7.70. The maximum absolute atomic E-state index is 12.2. The molecule has 3 nitrogen and oxygen atoms in total. The van der Waals surface area contributed by atoms with Gasteiger partial charge in [0.15, 0.2) is 0 Å². The van der Waals surface area contributed by atoms with Crippen molar-refractivity contribution in [3.05, 3.63) is 51.2 Å². The third kappa shape index (κ3) is 3.32. The van der Waals surface area contributed by atoms with Crippen LogP contribution < -0.4 is 5.32 Å². The average Bonchev–Trinajstić information content (AvgIpc) is 2.92. The second-order valence-corrected chi connectivity index (χ2v) is 6.03. The Labute approximate surface area is 128 Å². The highest BCUT2D eigenvalue weighted by molar-refractivity contribution is 7.08. The summed E-state index contributed by atoms with van der Waals surface area (Å²) in [5.41, 5.74) is 2.58. The summed E-state index contributed by atoms with van der Waals surface area (Å²) in [5.74, 6) is -0.0401.